The summed E-state index contributed by atoms with van der Waals surface area (Å²) in [7, 11) is -3.82. The SMILES string of the molecule is O=S(=O)(c1ccc(F)cc1)N1CCCC1c1nc(-c2ccc(F)cc2)no1. The monoisotopic (exact) mass is 391 g/mol. The van der Waals surface area contributed by atoms with Crippen LogP contribution in [0, 0.1) is 11.6 Å². The van der Waals surface area contributed by atoms with Crippen molar-refractivity contribution in [3.8, 4) is 11.4 Å². The molecule has 2 aromatic carbocycles. The molecular weight excluding hydrogens is 376 g/mol. The van der Waals surface area contributed by atoms with E-state index in [9.17, 15) is 17.2 Å². The highest BCUT2D eigenvalue weighted by Crippen LogP contribution is 2.36. The highest BCUT2D eigenvalue weighted by Gasteiger charge is 2.39. The first-order valence-corrected chi connectivity index (χ1v) is 9.76. The molecule has 1 unspecified atom stereocenters. The summed E-state index contributed by atoms with van der Waals surface area (Å²) in [5, 5.41) is 3.88. The number of benzene rings is 2. The van der Waals surface area contributed by atoms with Crippen LogP contribution < -0.4 is 0 Å². The van der Waals surface area contributed by atoms with Crippen molar-refractivity contribution in [3.05, 3.63) is 66.1 Å². The van der Waals surface area contributed by atoms with Crippen molar-refractivity contribution in [1.82, 2.24) is 14.4 Å². The third-order valence-electron chi connectivity index (χ3n) is 4.45. The summed E-state index contributed by atoms with van der Waals surface area (Å²) in [6.07, 6.45) is 1.17. The lowest BCUT2D eigenvalue weighted by Gasteiger charge is -2.21. The predicted molar refractivity (Wildman–Crippen MR) is 92.0 cm³/mol. The van der Waals surface area contributed by atoms with E-state index in [4.69, 9.17) is 4.52 Å². The fourth-order valence-electron chi connectivity index (χ4n) is 3.10. The molecule has 0 saturated carbocycles. The zero-order valence-electron chi connectivity index (χ0n) is 14.0. The van der Waals surface area contributed by atoms with Crippen LogP contribution in [0.5, 0.6) is 0 Å². The van der Waals surface area contributed by atoms with E-state index in [-0.39, 0.29) is 22.4 Å². The molecule has 9 heteroatoms. The molecule has 1 aliphatic rings. The van der Waals surface area contributed by atoms with E-state index in [2.05, 4.69) is 10.1 Å². The number of rotatable bonds is 4. The maximum absolute atomic E-state index is 13.1. The lowest BCUT2D eigenvalue weighted by molar-refractivity contribution is 0.290. The third kappa shape index (κ3) is 3.35. The molecule has 4 rings (SSSR count). The molecule has 1 fully saturated rings. The fourth-order valence-corrected chi connectivity index (χ4v) is 4.75. The average Bonchev–Trinajstić information content (AvgIpc) is 3.32. The van der Waals surface area contributed by atoms with Crippen molar-refractivity contribution in [3.63, 3.8) is 0 Å². The van der Waals surface area contributed by atoms with Gasteiger partial charge in [-0.3, -0.25) is 0 Å². The standard InChI is InChI=1S/C18H15F2N3O3S/c19-13-5-3-12(4-6-13)17-21-18(26-22-17)16-2-1-11-23(16)27(24,25)15-9-7-14(20)8-10-15/h3-10,16H,1-2,11H2. The smallest absolute Gasteiger partial charge is 0.245 e. The normalized spacial score (nSPS) is 18.1. The minimum absolute atomic E-state index is 0.00840. The van der Waals surface area contributed by atoms with Crippen LogP contribution in [0.1, 0.15) is 24.8 Å². The summed E-state index contributed by atoms with van der Waals surface area (Å²) in [6, 6.07) is 9.70. The van der Waals surface area contributed by atoms with Crippen LogP contribution in [0.4, 0.5) is 8.78 Å². The Hall–Kier alpha value is -2.65. The molecule has 140 valence electrons. The zero-order chi connectivity index (χ0) is 19.0. The van der Waals surface area contributed by atoms with Crippen LogP contribution in [-0.4, -0.2) is 29.4 Å². The molecule has 0 aliphatic carbocycles. The van der Waals surface area contributed by atoms with Gasteiger partial charge in [0.1, 0.15) is 17.7 Å². The maximum Gasteiger partial charge on any atom is 0.245 e. The second kappa shape index (κ2) is 6.82. The summed E-state index contributed by atoms with van der Waals surface area (Å²) in [6.45, 7) is 0.304. The van der Waals surface area contributed by atoms with Crippen LogP contribution in [0.15, 0.2) is 57.9 Å². The van der Waals surface area contributed by atoms with Crippen molar-refractivity contribution < 1.29 is 21.7 Å². The zero-order valence-corrected chi connectivity index (χ0v) is 14.9. The summed E-state index contributed by atoms with van der Waals surface area (Å²) in [4.78, 5) is 4.31. The molecule has 0 bridgehead atoms. The molecule has 0 N–H and O–H groups in total. The molecule has 0 spiro atoms. The second-order valence-corrected chi connectivity index (χ2v) is 8.08. The van der Waals surface area contributed by atoms with Gasteiger partial charge in [0.05, 0.1) is 4.90 Å². The highest BCUT2D eigenvalue weighted by atomic mass is 32.2. The molecular formula is C18H15F2N3O3S. The Bertz CT molecular complexity index is 1050. The van der Waals surface area contributed by atoms with Gasteiger partial charge in [0.25, 0.3) is 0 Å². The van der Waals surface area contributed by atoms with Gasteiger partial charge in [0, 0.05) is 12.1 Å². The largest absolute Gasteiger partial charge is 0.337 e. The number of nitrogens with zero attached hydrogens (tertiary/aromatic N) is 3. The number of hydrogen-bond donors (Lipinski definition) is 0. The molecule has 2 heterocycles. The molecule has 1 saturated heterocycles. The molecule has 27 heavy (non-hydrogen) atoms. The molecule has 1 aliphatic heterocycles. The van der Waals surface area contributed by atoms with Crippen LogP contribution in [0.2, 0.25) is 0 Å². The van der Waals surface area contributed by atoms with Crippen molar-refractivity contribution in [1.29, 1.82) is 0 Å². The summed E-state index contributed by atoms with van der Waals surface area (Å²) in [5.74, 6) is -0.448. The number of halogens is 2. The summed E-state index contributed by atoms with van der Waals surface area (Å²) in [5.41, 5.74) is 0.567. The Balaban J connectivity index is 1.64. The van der Waals surface area contributed by atoms with E-state index in [0.717, 1.165) is 12.1 Å². The highest BCUT2D eigenvalue weighted by molar-refractivity contribution is 7.89. The van der Waals surface area contributed by atoms with Gasteiger partial charge >= 0.3 is 0 Å². The van der Waals surface area contributed by atoms with Crippen LogP contribution in [0.25, 0.3) is 11.4 Å². The van der Waals surface area contributed by atoms with Crippen LogP contribution in [-0.2, 0) is 10.0 Å². The minimum atomic E-state index is -3.82. The number of sulfonamides is 1. The first-order chi connectivity index (χ1) is 12.9. The Morgan fingerprint density at radius 2 is 1.63 bits per heavy atom. The summed E-state index contributed by atoms with van der Waals surface area (Å²) < 4.78 is 58.6. The lowest BCUT2D eigenvalue weighted by Crippen LogP contribution is -2.30. The number of hydrogen-bond acceptors (Lipinski definition) is 5. The Kier molecular flexibility index (Phi) is 4.48. The van der Waals surface area contributed by atoms with E-state index in [1.54, 1.807) is 0 Å². The van der Waals surface area contributed by atoms with Gasteiger partial charge in [0.15, 0.2) is 0 Å². The molecule has 0 radical (unpaired) electrons. The van der Waals surface area contributed by atoms with Gasteiger partial charge in [-0.2, -0.15) is 9.29 Å². The van der Waals surface area contributed by atoms with E-state index in [1.807, 2.05) is 0 Å². The Labute approximate surface area is 154 Å². The molecule has 1 atom stereocenters. The quantitative estimate of drug-likeness (QED) is 0.680. The van der Waals surface area contributed by atoms with Crippen LogP contribution >= 0.6 is 0 Å². The van der Waals surface area contributed by atoms with Gasteiger partial charge in [-0.05, 0) is 61.4 Å². The topological polar surface area (TPSA) is 76.3 Å². The summed E-state index contributed by atoms with van der Waals surface area (Å²) >= 11 is 0. The van der Waals surface area contributed by atoms with Crippen molar-refractivity contribution in [2.24, 2.45) is 0 Å². The molecule has 3 aromatic rings. The second-order valence-electron chi connectivity index (χ2n) is 6.19. The van der Waals surface area contributed by atoms with Gasteiger partial charge in [-0.15, -0.1) is 0 Å². The van der Waals surface area contributed by atoms with E-state index < -0.39 is 21.9 Å². The Morgan fingerprint density at radius 1 is 1.00 bits per heavy atom. The lowest BCUT2D eigenvalue weighted by atomic mass is 10.2. The molecule has 1 aromatic heterocycles. The number of aromatic nitrogens is 2. The Morgan fingerprint density at radius 3 is 2.30 bits per heavy atom. The van der Waals surface area contributed by atoms with E-state index in [0.29, 0.717) is 24.9 Å². The first-order valence-electron chi connectivity index (χ1n) is 8.32. The van der Waals surface area contributed by atoms with E-state index in [1.165, 1.54) is 40.7 Å². The fraction of sp³-hybridized carbons (Fsp3) is 0.222. The molecule has 6 nitrogen and oxygen atoms in total. The van der Waals surface area contributed by atoms with Crippen molar-refractivity contribution >= 4 is 10.0 Å². The van der Waals surface area contributed by atoms with Gasteiger partial charge in [-0.1, -0.05) is 5.16 Å². The van der Waals surface area contributed by atoms with Gasteiger partial charge < -0.3 is 4.52 Å². The van der Waals surface area contributed by atoms with Gasteiger partial charge in [0.2, 0.25) is 21.7 Å². The van der Waals surface area contributed by atoms with Crippen molar-refractivity contribution in [2.75, 3.05) is 6.54 Å². The first kappa shape index (κ1) is 17.7. The maximum atomic E-state index is 13.1. The predicted octanol–water partition coefficient (Wildman–Crippen LogP) is 3.54. The van der Waals surface area contributed by atoms with E-state index >= 15 is 0 Å². The molecule has 0 amide bonds. The van der Waals surface area contributed by atoms with Crippen molar-refractivity contribution in [2.45, 2.75) is 23.8 Å². The van der Waals surface area contributed by atoms with Crippen LogP contribution in [0.3, 0.4) is 0 Å². The average molecular weight is 391 g/mol. The minimum Gasteiger partial charge on any atom is -0.337 e. The van der Waals surface area contributed by atoms with Gasteiger partial charge in [-0.25, -0.2) is 17.2 Å². The third-order valence-corrected chi connectivity index (χ3v) is 6.38.